The lowest BCUT2D eigenvalue weighted by atomic mass is 9.97. The SMILES string of the molecule is CC1CCC[C@@H](C)N1C[C@@H](O)CNS(=O)(=O)c1cccc2ncccc12. The summed E-state index contributed by atoms with van der Waals surface area (Å²) in [6.07, 6.45) is 4.33. The number of fused-ring (bicyclic) bond motifs is 1. The van der Waals surface area contributed by atoms with Crippen molar-refractivity contribution in [1.29, 1.82) is 0 Å². The number of nitrogens with one attached hydrogen (secondary N) is 1. The summed E-state index contributed by atoms with van der Waals surface area (Å²) in [5, 5.41) is 11.0. The van der Waals surface area contributed by atoms with Crippen LogP contribution in [0.25, 0.3) is 10.9 Å². The van der Waals surface area contributed by atoms with Gasteiger partial charge in [0.1, 0.15) is 0 Å². The molecule has 1 saturated heterocycles. The van der Waals surface area contributed by atoms with Gasteiger partial charge in [0.2, 0.25) is 10.0 Å². The lowest BCUT2D eigenvalue weighted by molar-refractivity contribution is 0.0438. The van der Waals surface area contributed by atoms with E-state index in [2.05, 4.69) is 28.5 Å². The van der Waals surface area contributed by atoms with Gasteiger partial charge in [-0.2, -0.15) is 0 Å². The van der Waals surface area contributed by atoms with Crippen molar-refractivity contribution >= 4 is 20.9 Å². The van der Waals surface area contributed by atoms with Crippen LogP contribution in [-0.2, 0) is 10.0 Å². The van der Waals surface area contributed by atoms with Gasteiger partial charge in [-0.05, 0) is 51.0 Å². The highest BCUT2D eigenvalue weighted by atomic mass is 32.2. The number of aliphatic hydroxyl groups is 1. The van der Waals surface area contributed by atoms with E-state index >= 15 is 0 Å². The Morgan fingerprint density at radius 3 is 2.69 bits per heavy atom. The second kappa shape index (κ2) is 8.00. The summed E-state index contributed by atoms with van der Waals surface area (Å²) in [6, 6.07) is 9.30. The first-order valence-corrected chi connectivity index (χ1v) is 10.6. The van der Waals surface area contributed by atoms with Gasteiger partial charge in [0, 0.05) is 36.8 Å². The Hall–Kier alpha value is -1.54. The number of sulfonamides is 1. The van der Waals surface area contributed by atoms with Gasteiger partial charge in [0.15, 0.2) is 0 Å². The van der Waals surface area contributed by atoms with E-state index in [1.807, 2.05) is 0 Å². The number of benzene rings is 1. The maximum atomic E-state index is 12.7. The number of nitrogens with zero attached hydrogens (tertiary/aromatic N) is 2. The van der Waals surface area contributed by atoms with Gasteiger partial charge in [0.05, 0.1) is 16.5 Å². The Morgan fingerprint density at radius 1 is 1.23 bits per heavy atom. The average molecular weight is 378 g/mol. The molecule has 142 valence electrons. The van der Waals surface area contributed by atoms with Crippen LogP contribution >= 0.6 is 0 Å². The molecular weight excluding hydrogens is 350 g/mol. The second-order valence-electron chi connectivity index (χ2n) is 7.16. The molecule has 2 N–H and O–H groups in total. The fourth-order valence-electron chi connectivity index (χ4n) is 3.74. The fraction of sp³-hybridized carbons (Fsp3) is 0.526. The number of aliphatic hydroxyl groups excluding tert-OH is 1. The molecule has 0 radical (unpaired) electrons. The maximum Gasteiger partial charge on any atom is 0.241 e. The highest BCUT2D eigenvalue weighted by Crippen LogP contribution is 2.23. The number of hydrogen-bond donors (Lipinski definition) is 2. The smallest absolute Gasteiger partial charge is 0.241 e. The molecule has 1 fully saturated rings. The number of piperidine rings is 1. The first-order valence-electron chi connectivity index (χ1n) is 9.15. The first kappa shape index (κ1) is 19.2. The molecule has 0 bridgehead atoms. The van der Waals surface area contributed by atoms with Gasteiger partial charge < -0.3 is 5.11 Å². The van der Waals surface area contributed by atoms with Crippen molar-refractivity contribution in [3.63, 3.8) is 0 Å². The molecule has 0 amide bonds. The summed E-state index contributed by atoms with van der Waals surface area (Å²) in [5.74, 6) is 0. The molecule has 0 saturated carbocycles. The van der Waals surface area contributed by atoms with Crippen LogP contribution in [0.2, 0.25) is 0 Å². The molecule has 1 aliphatic heterocycles. The molecule has 0 spiro atoms. The van der Waals surface area contributed by atoms with E-state index in [0.29, 0.717) is 29.5 Å². The molecule has 1 aliphatic rings. The van der Waals surface area contributed by atoms with Crippen molar-refractivity contribution in [2.24, 2.45) is 0 Å². The minimum Gasteiger partial charge on any atom is -0.390 e. The molecule has 6 nitrogen and oxygen atoms in total. The molecule has 1 unspecified atom stereocenters. The molecule has 26 heavy (non-hydrogen) atoms. The first-order chi connectivity index (χ1) is 12.4. The topological polar surface area (TPSA) is 82.5 Å². The summed E-state index contributed by atoms with van der Waals surface area (Å²) < 4.78 is 28.0. The van der Waals surface area contributed by atoms with Crippen LogP contribution in [0, 0.1) is 0 Å². The molecule has 0 aliphatic carbocycles. The number of rotatable bonds is 6. The molecule has 1 aromatic carbocycles. The Labute approximate surface area is 155 Å². The zero-order valence-electron chi connectivity index (χ0n) is 15.3. The summed E-state index contributed by atoms with van der Waals surface area (Å²) in [5.41, 5.74) is 0.631. The molecule has 3 atom stereocenters. The molecular formula is C19H27N3O3S. The monoisotopic (exact) mass is 377 g/mol. The summed E-state index contributed by atoms with van der Waals surface area (Å²) in [7, 11) is -3.72. The third kappa shape index (κ3) is 4.23. The summed E-state index contributed by atoms with van der Waals surface area (Å²) in [4.78, 5) is 6.65. The van der Waals surface area contributed by atoms with Gasteiger partial charge in [-0.3, -0.25) is 9.88 Å². The molecule has 3 rings (SSSR count). The van der Waals surface area contributed by atoms with E-state index in [1.54, 1.807) is 36.5 Å². The Kier molecular flexibility index (Phi) is 5.92. The number of likely N-dealkylation sites (tertiary alicyclic amines) is 1. The van der Waals surface area contributed by atoms with Crippen molar-refractivity contribution in [2.45, 2.75) is 56.2 Å². The highest BCUT2D eigenvalue weighted by Gasteiger charge is 2.27. The summed E-state index contributed by atoms with van der Waals surface area (Å²) >= 11 is 0. The van der Waals surface area contributed by atoms with Crippen molar-refractivity contribution in [1.82, 2.24) is 14.6 Å². The van der Waals surface area contributed by atoms with E-state index in [1.165, 1.54) is 6.42 Å². The maximum absolute atomic E-state index is 12.7. The zero-order chi connectivity index (χ0) is 18.7. The number of β-amino-alcohol motifs (C(OH)–C–C–N with tert-alkyl or cyclic N) is 1. The minimum atomic E-state index is -3.72. The second-order valence-corrected chi connectivity index (χ2v) is 8.89. The molecule has 1 aromatic heterocycles. The van der Waals surface area contributed by atoms with Gasteiger partial charge in [-0.15, -0.1) is 0 Å². The molecule has 7 heteroatoms. The van der Waals surface area contributed by atoms with Gasteiger partial charge in [-0.1, -0.05) is 12.5 Å². The van der Waals surface area contributed by atoms with Crippen LogP contribution in [0.3, 0.4) is 0 Å². The lowest BCUT2D eigenvalue weighted by Crippen LogP contribution is -2.49. The van der Waals surface area contributed by atoms with E-state index in [9.17, 15) is 13.5 Å². The Bertz CT molecular complexity index is 841. The van der Waals surface area contributed by atoms with E-state index in [0.717, 1.165) is 12.8 Å². The van der Waals surface area contributed by atoms with Crippen LogP contribution in [0.5, 0.6) is 0 Å². The number of hydrogen-bond acceptors (Lipinski definition) is 5. The zero-order valence-corrected chi connectivity index (χ0v) is 16.1. The summed E-state index contributed by atoms with van der Waals surface area (Å²) in [6.45, 7) is 4.79. The van der Waals surface area contributed by atoms with E-state index in [-0.39, 0.29) is 11.4 Å². The lowest BCUT2D eigenvalue weighted by Gasteiger charge is -2.40. The van der Waals surface area contributed by atoms with E-state index < -0.39 is 16.1 Å². The predicted molar refractivity (Wildman–Crippen MR) is 102 cm³/mol. The highest BCUT2D eigenvalue weighted by molar-refractivity contribution is 7.89. The van der Waals surface area contributed by atoms with Crippen LogP contribution in [0.4, 0.5) is 0 Å². The van der Waals surface area contributed by atoms with Gasteiger partial charge in [-0.25, -0.2) is 13.1 Å². The third-order valence-corrected chi connectivity index (χ3v) is 6.68. The third-order valence-electron chi connectivity index (χ3n) is 5.20. The molecule has 2 heterocycles. The van der Waals surface area contributed by atoms with Gasteiger partial charge in [0.25, 0.3) is 0 Å². The van der Waals surface area contributed by atoms with Crippen LogP contribution in [0.1, 0.15) is 33.1 Å². The van der Waals surface area contributed by atoms with Crippen LogP contribution in [0.15, 0.2) is 41.4 Å². The Morgan fingerprint density at radius 2 is 1.96 bits per heavy atom. The van der Waals surface area contributed by atoms with Crippen molar-refractivity contribution in [3.05, 3.63) is 36.5 Å². The Balaban J connectivity index is 1.68. The molecule has 2 aromatic rings. The fourth-order valence-corrected chi connectivity index (χ4v) is 5.02. The quantitative estimate of drug-likeness (QED) is 0.806. The van der Waals surface area contributed by atoms with Crippen molar-refractivity contribution < 1.29 is 13.5 Å². The standard InChI is InChI=1S/C19H27N3O3S/c1-14-6-3-7-15(2)22(14)13-16(23)12-21-26(24,25)19-10-4-9-18-17(19)8-5-11-20-18/h4-5,8-11,14-16,21,23H,3,6-7,12-13H2,1-2H3/t14-,15?,16+/m1/s1. The van der Waals surface area contributed by atoms with E-state index in [4.69, 9.17) is 0 Å². The predicted octanol–water partition coefficient (Wildman–Crippen LogP) is 2.14. The van der Waals surface area contributed by atoms with Crippen molar-refractivity contribution in [2.75, 3.05) is 13.1 Å². The number of aromatic nitrogens is 1. The van der Waals surface area contributed by atoms with Crippen LogP contribution < -0.4 is 4.72 Å². The number of pyridine rings is 1. The van der Waals surface area contributed by atoms with Gasteiger partial charge >= 0.3 is 0 Å². The van der Waals surface area contributed by atoms with Crippen molar-refractivity contribution in [3.8, 4) is 0 Å². The average Bonchev–Trinajstić information content (AvgIpc) is 2.63. The van der Waals surface area contributed by atoms with Crippen LogP contribution in [-0.4, -0.2) is 54.7 Å². The minimum absolute atomic E-state index is 0.00504. The largest absolute Gasteiger partial charge is 0.390 e. The normalized spacial score (nSPS) is 23.2.